The van der Waals surface area contributed by atoms with E-state index >= 15 is 0 Å². The van der Waals surface area contributed by atoms with Crippen molar-refractivity contribution in [2.24, 2.45) is 0 Å². The number of hydrogen-bond acceptors (Lipinski definition) is 2. The number of H-pyrrole nitrogens is 1. The number of rotatable bonds is 2. The molecule has 3 N–H and O–H groups in total. The number of nitrogens with one attached hydrogen (secondary N) is 3. The van der Waals surface area contributed by atoms with Crippen LogP contribution in [0.15, 0.2) is 18.2 Å². The molecular weight excluding hydrogens is 297 g/mol. The second-order valence-corrected chi connectivity index (χ2v) is 5.55. The maximum atomic E-state index is 13.5. The molecule has 0 saturated carbocycles. The second-order valence-electron chi connectivity index (χ2n) is 5.55. The minimum absolute atomic E-state index is 0.166. The average Bonchev–Trinajstić information content (AvgIpc) is 2.91. The molecule has 1 aliphatic rings. The molecule has 2 heterocycles. The average molecular weight is 313 g/mol. The number of aromatic nitrogens is 1. The highest BCUT2D eigenvalue weighted by molar-refractivity contribution is 6.34. The summed E-state index contributed by atoms with van der Waals surface area (Å²) in [4.78, 5) is 26.6. The lowest BCUT2D eigenvalue weighted by Gasteiger charge is -2.02. The fourth-order valence-corrected chi connectivity index (χ4v) is 2.73. The van der Waals surface area contributed by atoms with Gasteiger partial charge in [0.2, 0.25) is 5.91 Å². The molecule has 0 atom stereocenters. The fourth-order valence-electron chi connectivity index (χ4n) is 2.73. The molecule has 118 valence electrons. The van der Waals surface area contributed by atoms with Gasteiger partial charge in [-0.05, 0) is 43.7 Å². The number of hydrogen-bond donors (Lipinski definition) is 3. The number of benzene rings is 1. The number of amides is 2. The quantitative estimate of drug-likeness (QED) is 0.745. The highest BCUT2D eigenvalue weighted by atomic mass is 19.1. The first kappa shape index (κ1) is 15.0. The molecule has 5 nitrogen and oxygen atoms in total. The first-order valence-corrected chi connectivity index (χ1v) is 7.16. The van der Waals surface area contributed by atoms with Gasteiger partial charge in [0.1, 0.15) is 5.82 Å². The van der Waals surface area contributed by atoms with Crippen LogP contribution in [-0.2, 0) is 9.59 Å². The minimum Gasteiger partial charge on any atom is -0.357 e. The minimum atomic E-state index is -0.399. The number of carbonyl (C=O) groups is 2. The summed E-state index contributed by atoms with van der Waals surface area (Å²) in [5, 5.41) is 5.48. The number of carbonyl (C=O) groups excluding carboxylic acids is 2. The third-order valence-corrected chi connectivity index (χ3v) is 3.83. The van der Waals surface area contributed by atoms with Gasteiger partial charge in [-0.15, -0.1) is 0 Å². The maximum Gasteiger partial charge on any atom is 0.256 e. The van der Waals surface area contributed by atoms with Crippen LogP contribution in [0, 0.1) is 19.7 Å². The summed E-state index contributed by atoms with van der Waals surface area (Å²) >= 11 is 0. The summed E-state index contributed by atoms with van der Waals surface area (Å²) in [5.74, 6) is -0.844. The lowest BCUT2D eigenvalue weighted by molar-refractivity contribution is -0.114. The lowest BCUT2D eigenvalue weighted by atomic mass is 10.0. The van der Waals surface area contributed by atoms with Gasteiger partial charge in [0.15, 0.2) is 0 Å². The van der Waals surface area contributed by atoms with Gasteiger partial charge in [0, 0.05) is 29.6 Å². The van der Waals surface area contributed by atoms with E-state index in [-0.39, 0.29) is 11.8 Å². The molecule has 2 aromatic rings. The van der Waals surface area contributed by atoms with E-state index in [1.807, 2.05) is 13.8 Å². The summed E-state index contributed by atoms with van der Waals surface area (Å²) in [6.45, 7) is 5.12. The Morgan fingerprint density at radius 3 is 2.74 bits per heavy atom. The van der Waals surface area contributed by atoms with Crippen LogP contribution in [-0.4, -0.2) is 16.8 Å². The number of halogens is 1. The van der Waals surface area contributed by atoms with Crippen molar-refractivity contribution in [2.75, 3.05) is 10.6 Å². The second kappa shape index (κ2) is 5.39. The molecule has 0 bridgehead atoms. The van der Waals surface area contributed by atoms with E-state index in [0.29, 0.717) is 28.2 Å². The SMILES string of the molecule is CC(=O)Nc1c(C)[nH]c(C=C2C(=O)Nc3ccc(F)cc32)c1C. The standard InChI is InChI=1S/C17H16FN3O2/c1-8-15(19-9(2)16(8)20-10(3)22)7-13-12-6-11(18)4-5-14(12)21-17(13)23/h4-7,19H,1-3H3,(H,20,22)(H,21,23). The Morgan fingerprint density at radius 1 is 1.30 bits per heavy atom. The maximum absolute atomic E-state index is 13.5. The molecule has 6 heteroatoms. The molecule has 2 amide bonds. The molecule has 23 heavy (non-hydrogen) atoms. The van der Waals surface area contributed by atoms with Crippen LogP contribution in [0.4, 0.5) is 15.8 Å². The molecule has 1 aromatic carbocycles. The Bertz CT molecular complexity index is 865. The third kappa shape index (κ3) is 2.63. The largest absolute Gasteiger partial charge is 0.357 e. The van der Waals surface area contributed by atoms with Gasteiger partial charge in [0.05, 0.1) is 11.3 Å². The van der Waals surface area contributed by atoms with E-state index in [4.69, 9.17) is 0 Å². The van der Waals surface area contributed by atoms with Gasteiger partial charge in [0.25, 0.3) is 5.91 Å². The van der Waals surface area contributed by atoms with E-state index in [0.717, 1.165) is 11.3 Å². The van der Waals surface area contributed by atoms with Crippen LogP contribution in [0.2, 0.25) is 0 Å². The van der Waals surface area contributed by atoms with E-state index < -0.39 is 5.82 Å². The Labute approximate surface area is 132 Å². The highest BCUT2D eigenvalue weighted by Gasteiger charge is 2.25. The van der Waals surface area contributed by atoms with E-state index in [2.05, 4.69) is 15.6 Å². The molecule has 0 saturated heterocycles. The monoisotopic (exact) mass is 313 g/mol. The van der Waals surface area contributed by atoms with Crippen molar-refractivity contribution in [3.8, 4) is 0 Å². The Morgan fingerprint density at radius 2 is 2.04 bits per heavy atom. The number of fused-ring (bicyclic) bond motifs is 1. The van der Waals surface area contributed by atoms with E-state index in [9.17, 15) is 14.0 Å². The summed E-state index contributed by atoms with van der Waals surface area (Å²) < 4.78 is 13.5. The normalized spacial score (nSPS) is 14.8. The number of aromatic amines is 1. The van der Waals surface area contributed by atoms with Crippen LogP contribution in [0.1, 0.15) is 29.4 Å². The predicted molar refractivity (Wildman–Crippen MR) is 87.5 cm³/mol. The van der Waals surface area contributed by atoms with Gasteiger partial charge in [-0.3, -0.25) is 9.59 Å². The molecule has 0 unspecified atom stereocenters. The van der Waals surface area contributed by atoms with Crippen molar-refractivity contribution >= 4 is 34.8 Å². The van der Waals surface area contributed by atoms with Gasteiger partial charge in [-0.2, -0.15) is 0 Å². The van der Waals surface area contributed by atoms with Gasteiger partial charge in [-0.25, -0.2) is 4.39 Å². The highest BCUT2D eigenvalue weighted by Crippen LogP contribution is 2.35. The summed E-state index contributed by atoms with van der Waals surface area (Å²) in [7, 11) is 0. The fraction of sp³-hybridized carbons (Fsp3) is 0.176. The van der Waals surface area contributed by atoms with Crippen LogP contribution in [0.3, 0.4) is 0 Å². The van der Waals surface area contributed by atoms with Crippen LogP contribution >= 0.6 is 0 Å². The van der Waals surface area contributed by atoms with Gasteiger partial charge < -0.3 is 15.6 Å². The van der Waals surface area contributed by atoms with Crippen LogP contribution in [0.5, 0.6) is 0 Å². The Balaban J connectivity index is 2.08. The van der Waals surface area contributed by atoms with E-state index in [1.165, 1.54) is 19.1 Å². The van der Waals surface area contributed by atoms with Crippen molar-refractivity contribution < 1.29 is 14.0 Å². The molecule has 3 rings (SSSR count). The molecule has 0 spiro atoms. The zero-order valence-electron chi connectivity index (χ0n) is 13.0. The lowest BCUT2D eigenvalue weighted by Crippen LogP contribution is -2.07. The van der Waals surface area contributed by atoms with E-state index in [1.54, 1.807) is 12.1 Å². The molecular formula is C17H16FN3O2. The molecule has 0 radical (unpaired) electrons. The van der Waals surface area contributed by atoms with Gasteiger partial charge >= 0.3 is 0 Å². The van der Waals surface area contributed by atoms with Crippen molar-refractivity contribution in [3.63, 3.8) is 0 Å². The number of anilines is 2. The Kier molecular flexibility index (Phi) is 3.52. The molecule has 0 fully saturated rings. The van der Waals surface area contributed by atoms with Crippen molar-refractivity contribution in [1.29, 1.82) is 0 Å². The predicted octanol–water partition coefficient (Wildman–Crippen LogP) is 3.22. The topological polar surface area (TPSA) is 74.0 Å². The molecule has 0 aliphatic carbocycles. The smallest absolute Gasteiger partial charge is 0.256 e. The zero-order chi connectivity index (χ0) is 16.7. The Hall–Kier alpha value is -2.89. The van der Waals surface area contributed by atoms with Crippen LogP contribution < -0.4 is 10.6 Å². The van der Waals surface area contributed by atoms with Gasteiger partial charge in [-0.1, -0.05) is 0 Å². The molecule has 1 aliphatic heterocycles. The van der Waals surface area contributed by atoms with Crippen LogP contribution in [0.25, 0.3) is 11.6 Å². The van der Waals surface area contributed by atoms with Crippen molar-refractivity contribution in [1.82, 2.24) is 4.98 Å². The van der Waals surface area contributed by atoms with Crippen molar-refractivity contribution in [3.05, 3.63) is 46.5 Å². The van der Waals surface area contributed by atoms with Crippen molar-refractivity contribution in [2.45, 2.75) is 20.8 Å². The summed E-state index contributed by atoms with van der Waals surface area (Å²) in [6, 6.07) is 4.18. The third-order valence-electron chi connectivity index (χ3n) is 3.83. The number of aryl methyl sites for hydroxylation is 1. The first-order chi connectivity index (χ1) is 10.9. The summed E-state index contributed by atoms with van der Waals surface area (Å²) in [5.41, 5.74) is 4.52. The molecule has 1 aromatic heterocycles. The summed E-state index contributed by atoms with van der Waals surface area (Å²) in [6.07, 6.45) is 1.67. The zero-order valence-corrected chi connectivity index (χ0v) is 13.0. The first-order valence-electron chi connectivity index (χ1n) is 7.16.